The number of H-pyrrole nitrogens is 1. The van der Waals surface area contributed by atoms with Crippen LogP contribution in [0.1, 0.15) is 22.4 Å². The molecule has 1 heterocycles. The highest BCUT2D eigenvalue weighted by Crippen LogP contribution is 2.00. The van der Waals surface area contributed by atoms with E-state index in [0.29, 0.717) is 6.54 Å². The second-order valence-corrected chi connectivity index (χ2v) is 5.82. The minimum atomic E-state index is -0.591. The number of aliphatic imine (C=N–C) groups is 1. The molecule has 1 aromatic heterocycles. The van der Waals surface area contributed by atoms with Gasteiger partial charge in [-0.05, 0) is 18.1 Å². The lowest BCUT2D eigenvalue weighted by Gasteiger charge is -2.05. The Hall–Kier alpha value is -3.48. The highest BCUT2D eigenvalue weighted by molar-refractivity contribution is 5.86. The molecule has 0 atom stereocenters. The molecule has 3 rings (SSSR count). The normalized spacial score (nSPS) is 12.0. The molecule has 26 heavy (non-hydrogen) atoms. The van der Waals surface area contributed by atoms with Crippen LogP contribution in [0.4, 0.5) is 0 Å². The van der Waals surface area contributed by atoms with Crippen molar-refractivity contribution in [3.05, 3.63) is 87.3 Å². The van der Waals surface area contributed by atoms with Crippen molar-refractivity contribution in [2.45, 2.75) is 13.5 Å². The number of hydrogen-bond donors (Lipinski definition) is 1. The molecule has 0 aliphatic carbocycles. The van der Waals surface area contributed by atoms with Gasteiger partial charge >= 0.3 is 5.56 Å². The molecule has 0 saturated carbocycles. The molecule has 0 aliphatic heterocycles. The first-order valence-corrected chi connectivity index (χ1v) is 8.12. The van der Waals surface area contributed by atoms with Crippen LogP contribution in [-0.2, 0) is 6.54 Å². The van der Waals surface area contributed by atoms with Gasteiger partial charge in [-0.2, -0.15) is 0 Å². The van der Waals surface area contributed by atoms with E-state index in [9.17, 15) is 9.90 Å². The monoisotopic (exact) mass is 349 g/mol. The smallest absolute Gasteiger partial charge is 0.427 e. The third-order valence-electron chi connectivity index (χ3n) is 3.87. The first kappa shape index (κ1) is 17.3. The van der Waals surface area contributed by atoms with Gasteiger partial charge in [0.2, 0.25) is 0 Å². The van der Waals surface area contributed by atoms with Gasteiger partial charge in [-0.3, -0.25) is 4.99 Å². The maximum atomic E-state index is 12.6. The molecule has 1 N–H and O–H groups in total. The third-order valence-corrected chi connectivity index (χ3v) is 3.87. The first-order chi connectivity index (χ1) is 12.6. The standard InChI is InChI=1S/C19H19N5O2/c1-14-8-10-15(11-9-14)12-21-24-19(26)17(18(25)20-2)23(22-24)13-16-6-4-3-5-7-16/h3-12H,13H2,1-2H3,(H-,20,22,25,26). The third kappa shape index (κ3) is 3.77. The van der Waals surface area contributed by atoms with E-state index in [1.165, 1.54) is 11.7 Å². The van der Waals surface area contributed by atoms with E-state index in [4.69, 9.17) is 0 Å². The molecule has 0 radical (unpaired) electrons. The molecule has 2 aromatic carbocycles. The summed E-state index contributed by atoms with van der Waals surface area (Å²) in [5.41, 5.74) is 2.33. The van der Waals surface area contributed by atoms with E-state index >= 15 is 0 Å². The van der Waals surface area contributed by atoms with E-state index < -0.39 is 11.5 Å². The molecule has 7 nitrogen and oxygen atoms in total. The SMILES string of the molecule is CN=C([O-])c1c(=O)n(N=Cc2ccc(C)cc2)[nH][n+]1Cc1ccccc1. The van der Waals surface area contributed by atoms with Crippen LogP contribution < -0.4 is 15.3 Å². The van der Waals surface area contributed by atoms with Crippen molar-refractivity contribution in [3.63, 3.8) is 0 Å². The van der Waals surface area contributed by atoms with Gasteiger partial charge in [-0.25, -0.2) is 4.79 Å². The van der Waals surface area contributed by atoms with Gasteiger partial charge in [-0.15, -0.1) is 4.68 Å². The summed E-state index contributed by atoms with van der Waals surface area (Å²) in [5, 5.41) is 19.1. The van der Waals surface area contributed by atoms with Crippen LogP contribution in [0.2, 0.25) is 0 Å². The van der Waals surface area contributed by atoms with E-state index in [0.717, 1.165) is 21.5 Å². The van der Waals surface area contributed by atoms with Gasteiger partial charge in [-0.1, -0.05) is 70.5 Å². The zero-order valence-corrected chi connectivity index (χ0v) is 14.6. The highest BCUT2D eigenvalue weighted by atomic mass is 16.3. The van der Waals surface area contributed by atoms with Crippen LogP contribution in [0.15, 0.2) is 69.5 Å². The van der Waals surface area contributed by atoms with Crippen LogP contribution in [0.5, 0.6) is 0 Å². The fourth-order valence-corrected chi connectivity index (χ4v) is 2.47. The van der Waals surface area contributed by atoms with E-state index in [2.05, 4.69) is 15.3 Å². The number of rotatable bonds is 5. The van der Waals surface area contributed by atoms with Crippen LogP contribution in [-0.4, -0.2) is 29.2 Å². The summed E-state index contributed by atoms with van der Waals surface area (Å²) in [6, 6.07) is 17.2. The molecule has 7 heteroatoms. The predicted octanol–water partition coefficient (Wildman–Crippen LogP) is 0.440. The first-order valence-electron chi connectivity index (χ1n) is 8.12. The number of hydrogen-bond acceptors (Lipinski definition) is 4. The summed E-state index contributed by atoms with van der Waals surface area (Å²) < 4.78 is 1.46. The maximum absolute atomic E-state index is 12.6. The molecule has 0 spiro atoms. The lowest BCUT2D eigenvalue weighted by molar-refractivity contribution is -0.750. The zero-order chi connectivity index (χ0) is 18.5. The Bertz CT molecular complexity index is 999. The Kier molecular flexibility index (Phi) is 5.07. The molecule has 0 fully saturated rings. The minimum absolute atomic E-state index is 0.0580. The molecule has 0 bridgehead atoms. The van der Waals surface area contributed by atoms with Crippen molar-refractivity contribution in [2.24, 2.45) is 10.1 Å². The minimum Gasteiger partial charge on any atom is -0.856 e. The van der Waals surface area contributed by atoms with Crippen LogP contribution in [0, 0.1) is 6.92 Å². The summed E-state index contributed by atoms with van der Waals surface area (Å²) >= 11 is 0. The number of aromatic nitrogens is 3. The predicted molar refractivity (Wildman–Crippen MR) is 97.4 cm³/mol. The fraction of sp³-hybridized carbons (Fsp3) is 0.158. The average molecular weight is 349 g/mol. The fourth-order valence-electron chi connectivity index (χ4n) is 2.47. The van der Waals surface area contributed by atoms with E-state index in [1.807, 2.05) is 61.5 Å². The van der Waals surface area contributed by atoms with Crippen molar-refractivity contribution in [2.75, 3.05) is 7.05 Å². The number of aromatic amines is 1. The van der Waals surface area contributed by atoms with Crippen molar-refractivity contribution in [3.8, 4) is 0 Å². The average Bonchev–Trinajstić information content (AvgIpc) is 2.96. The number of aryl methyl sites for hydroxylation is 1. The second-order valence-electron chi connectivity index (χ2n) is 5.82. The molecule has 0 saturated heterocycles. The molecule has 0 unspecified atom stereocenters. The lowest BCUT2D eigenvalue weighted by atomic mass is 10.2. The second kappa shape index (κ2) is 7.60. The molecular weight excluding hydrogens is 330 g/mol. The molecule has 0 aliphatic rings. The van der Waals surface area contributed by atoms with Crippen molar-refractivity contribution in [1.29, 1.82) is 0 Å². The topological polar surface area (TPSA) is 89.4 Å². The quantitative estimate of drug-likeness (QED) is 0.411. The van der Waals surface area contributed by atoms with Gasteiger partial charge < -0.3 is 5.11 Å². The Labute approximate surface area is 150 Å². The maximum Gasteiger partial charge on any atom is 0.427 e. The van der Waals surface area contributed by atoms with Gasteiger partial charge in [0.15, 0.2) is 0 Å². The largest absolute Gasteiger partial charge is 0.856 e. The van der Waals surface area contributed by atoms with Crippen molar-refractivity contribution >= 4 is 12.1 Å². The molecular formula is C19H19N5O2. The summed E-state index contributed by atoms with van der Waals surface area (Å²) in [7, 11) is 1.36. The van der Waals surface area contributed by atoms with Gasteiger partial charge in [0.25, 0.3) is 5.69 Å². The number of nitrogens with zero attached hydrogens (tertiary/aromatic N) is 4. The highest BCUT2D eigenvalue weighted by Gasteiger charge is 2.21. The van der Waals surface area contributed by atoms with Crippen molar-refractivity contribution in [1.82, 2.24) is 10.0 Å². The van der Waals surface area contributed by atoms with Crippen LogP contribution >= 0.6 is 0 Å². The summed E-state index contributed by atoms with van der Waals surface area (Å²) in [4.78, 5) is 17.2. The van der Waals surface area contributed by atoms with Gasteiger partial charge in [0, 0.05) is 17.7 Å². The Balaban J connectivity index is 1.98. The number of nitrogens with one attached hydrogen (secondary N) is 1. The van der Waals surface area contributed by atoms with Crippen molar-refractivity contribution < 1.29 is 9.79 Å². The lowest BCUT2D eigenvalue weighted by Crippen LogP contribution is -2.46. The zero-order valence-electron chi connectivity index (χ0n) is 14.6. The summed E-state index contributed by atoms with van der Waals surface area (Å²) in [6.07, 6.45) is 1.56. The van der Waals surface area contributed by atoms with Crippen LogP contribution in [0.25, 0.3) is 0 Å². The van der Waals surface area contributed by atoms with Gasteiger partial charge in [0.05, 0.1) is 6.21 Å². The molecule has 132 valence electrons. The molecule has 0 amide bonds. The van der Waals surface area contributed by atoms with Gasteiger partial charge in [0.1, 0.15) is 6.54 Å². The van der Waals surface area contributed by atoms with Crippen LogP contribution in [0.3, 0.4) is 0 Å². The Morgan fingerprint density at radius 3 is 2.54 bits per heavy atom. The van der Waals surface area contributed by atoms with E-state index in [-0.39, 0.29) is 5.69 Å². The Morgan fingerprint density at radius 1 is 1.19 bits per heavy atom. The Morgan fingerprint density at radius 2 is 1.88 bits per heavy atom. The molecule has 3 aromatic rings. The summed E-state index contributed by atoms with van der Waals surface area (Å²) in [6.45, 7) is 2.33. The summed E-state index contributed by atoms with van der Waals surface area (Å²) in [5.74, 6) is -0.591. The number of benzene rings is 2. The van der Waals surface area contributed by atoms with E-state index in [1.54, 1.807) is 6.21 Å².